The Morgan fingerprint density at radius 1 is 1.35 bits per heavy atom. The van der Waals surface area contributed by atoms with E-state index in [0.29, 0.717) is 26.1 Å². The van der Waals surface area contributed by atoms with Crippen LogP contribution in [0.1, 0.15) is 10.4 Å². The number of benzene rings is 1. The summed E-state index contributed by atoms with van der Waals surface area (Å²) in [4.78, 5) is 22.4. The number of aromatic carboxylic acids is 1. The van der Waals surface area contributed by atoms with Crippen molar-refractivity contribution in [1.29, 1.82) is 0 Å². The highest BCUT2D eigenvalue weighted by Gasteiger charge is 2.15. The van der Waals surface area contributed by atoms with Gasteiger partial charge in [0.25, 0.3) is 0 Å². The van der Waals surface area contributed by atoms with Crippen molar-refractivity contribution in [1.82, 2.24) is 15.0 Å². The van der Waals surface area contributed by atoms with E-state index in [-0.39, 0.29) is 11.4 Å². The number of nitrogens with one attached hydrogen (secondary N) is 1. The van der Waals surface area contributed by atoms with E-state index in [0.717, 1.165) is 0 Å². The van der Waals surface area contributed by atoms with Gasteiger partial charge in [-0.3, -0.25) is 0 Å². The molecule has 20 heavy (non-hydrogen) atoms. The minimum absolute atomic E-state index is 0.103. The topological polar surface area (TPSA) is 78.9 Å². The molecule has 0 saturated heterocycles. The van der Waals surface area contributed by atoms with Crippen LogP contribution in [-0.4, -0.2) is 26.0 Å². The summed E-state index contributed by atoms with van der Waals surface area (Å²) >= 11 is 2.00. The van der Waals surface area contributed by atoms with Crippen LogP contribution in [0.4, 0.5) is 4.39 Å². The van der Waals surface area contributed by atoms with Crippen molar-refractivity contribution < 1.29 is 14.3 Å². The molecule has 0 atom stereocenters. The molecule has 2 aromatic heterocycles. The molecule has 1 aromatic carbocycles. The molecule has 3 rings (SSSR count). The monoisotopic (exact) mass is 383 g/mol. The number of H-pyrrole nitrogens is 1. The summed E-state index contributed by atoms with van der Waals surface area (Å²) in [6.45, 7) is 0. The van der Waals surface area contributed by atoms with Crippen LogP contribution in [-0.2, 0) is 0 Å². The average molecular weight is 383 g/mol. The first-order valence-corrected chi connectivity index (χ1v) is 6.67. The Labute approximate surface area is 126 Å². The molecule has 0 unspecified atom stereocenters. The summed E-state index contributed by atoms with van der Waals surface area (Å²) in [6, 6.07) is 5.71. The van der Waals surface area contributed by atoms with E-state index < -0.39 is 5.97 Å². The minimum atomic E-state index is -1.05. The number of halogens is 2. The third-order valence-corrected chi connectivity index (χ3v) is 3.70. The van der Waals surface area contributed by atoms with Crippen LogP contribution < -0.4 is 0 Å². The van der Waals surface area contributed by atoms with E-state index >= 15 is 0 Å². The second-order valence-corrected chi connectivity index (χ2v) is 5.23. The zero-order valence-corrected chi connectivity index (χ0v) is 12.1. The lowest BCUT2D eigenvalue weighted by molar-refractivity contribution is 0.0698. The highest BCUT2D eigenvalue weighted by Crippen LogP contribution is 2.26. The fourth-order valence-corrected chi connectivity index (χ4v) is 2.63. The number of hydrogen-bond acceptors (Lipinski definition) is 3. The van der Waals surface area contributed by atoms with Crippen molar-refractivity contribution in [2.75, 3.05) is 0 Å². The molecule has 0 saturated carbocycles. The maximum atomic E-state index is 13.1. The number of carboxylic acids is 1. The maximum absolute atomic E-state index is 13.1. The van der Waals surface area contributed by atoms with E-state index in [4.69, 9.17) is 5.11 Å². The minimum Gasteiger partial charge on any atom is -0.478 e. The molecule has 0 aliphatic rings. The Bertz CT molecular complexity index is 832. The number of fused-ring (bicyclic) bond motifs is 1. The molecule has 3 aromatic rings. The van der Waals surface area contributed by atoms with Crippen LogP contribution in [0.5, 0.6) is 0 Å². The Morgan fingerprint density at radius 2 is 2.15 bits per heavy atom. The van der Waals surface area contributed by atoms with Crippen LogP contribution in [0.15, 0.2) is 30.5 Å². The fraction of sp³-hybridized carbons (Fsp3) is 0. The number of imidazole rings is 1. The molecule has 0 aliphatic heterocycles. The lowest BCUT2D eigenvalue weighted by atomic mass is 10.2. The zero-order chi connectivity index (χ0) is 14.3. The third-order valence-electron chi connectivity index (χ3n) is 2.81. The van der Waals surface area contributed by atoms with Gasteiger partial charge in [0.05, 0.1) is 11.1 Å². The SMILES string of the molecule is O=C(O)c1ccnc2nc(-c3ccc(F)cc3I)[nH]c12. The van der Waals surface area contributed by atoms with Crippen LogP contribution in [0.2, 0.25) is 0 Å². The molecule has 0 aliphatic carbocycles. The summed E-state index contributed by atoms with van der Waals surface area (Å²) in [5, 5.41) is 9.13. The van der Waals surface area contributed by atoms with Crippen molar-refractivity contribution in [3.63, 3.8) is 0 Å². The number of hydrogen-bond donors (Lipinski definition) is 2. The Kier molecular flexibility index (Phi) is 3.13. The first-order valence-electron chi connectivity index (χ1n) is 5.59. The normalized spacial score (nSPS) is 10.9. The van der Waals surface area contributed by atoms with Crippen LogP contribution in [0.25, 0.3) is 22.6 Å². The smallest absolute Gasteiger partial charge is 0.338 e. The average Bonchev–Trinajstić information content (AvgIpc) is 2.81. The quantitative estimate of drug-likeness (QED) is 0.667. The van der Waals surface area contributed by atoms with Crippen molar-refractivity contribution in [2.45, 2.75) is 0 Å². The summed E-state index contributed by atoms with van der Waals surface area (Å²) in [5.41, 5.74) is 1.47. The molecule has 0 bridgehead atoms. The predicted molar refractivity (Wildman–Crippen MR) is 79.0 cm³/mol. The van der Waals surface area contributed by atoms with Crippen LogP contribution in [0.3, 0.4) is 0 Å². The Hall–Kier alpha value is -2.03. The van der Waals surface area contributed by atoms with Crippen LogP contribution >= 0.6 is 22.6 Å². The summed E-state index contributed by atoms with van der Waals surface area (Å²) in [7, 11) is 0. The molecule has 0 radical (unpaired) electrons. The first kappa shape index (κ1) is 13.0. The summed E-state index contributed by atoms with van der Waals surface area (Å²) in [6.07, 6.45) is 1.39. The van der Waals surface area contributed by atoms with E-state index in [1.165, 1.54) is 24.4 Å². The highest BCUT2D eigenvalue weighted by molar-refractivity contribution is 14.1. The lowest BCUT2D eigenvalue weighted by Gasteiger charge is -2.00. The fourth-order valence-electron chi connectivity index (χ4n) is 1.90. The molecule has 5 nitrogen and oxygen atoms in total. The van der Waals surface area contributed by atoms with Crippen molar-refractivity contribution in [3.8, 4) is 11.4 Å². The molecular formula is C13H7FIN3O2. The number of rotatable bonds is 2. The molecule has 7 heteroatoms. The maximum Gasteiger partial charge on any atom is 0.338 e. The van der Waals surface area contributed by atoms with Gasteiger partial charge in [-0.05, 0) is 46.9 Å². The van der Waals surface area contributed by atoms with Gasteiger partial charge in [0.15, 0.2) is 5.65 Å². The van der Waals surface area contributed by atoms with E-state index in [1.54, 1.807) is 6.07 Å². The lowest BCUT2D eigenvalue weighted by Crippen LogP contribution is -1.97. The van der Waals surface area contributed by atoms with E-state index in [9.17, 15) is 9.18 Å². The Balaban J connectivity index is 2.23. The van der Waals surface area contributed by atoms with Gasteiger partial charge in [-0.15, -0.1) is 0 Å². The Morgan fingerprint density at radius 3 is 2.85 bits per heavy atom. The van der Waals surface area contributed by atoms with Gasteiger partial charge in [0, 0.05) is 15.3 Å². The number of aromatic amines is 1. The highest BCUT2D eigenvalue weighted by atomic mass is 127. The van der Waals surface area contributed by atoms with Gasteiger partial charge in [-0.1, -0.05) is 0 Å². The predicted octanol–water partition coefficient (Wildman–Crippen LogP) is 3.07. The van der Waals surface area contributed by atoms with Crippen LogP contribution in [0, 0.1) is 9.39 Å². The number of pyridine rings is 1. The molecule has 0 amide bonds. The zero-order valence-electron chi connectivity index (χ0n) is 9.89. The van der Waals surface area contributed by atoms with Gasteiger partial charge in [-0.25, -0.2) is 19.2 Å². The second-order valence-electron chi connectivity index (χ2n) is 4.07. The number of nitrogens with zero attached hydrogens (tertiary/aromatic N) is 2. The summed E-state index contributed by atoms with van der Waals surface area (Å²) < 4.78 is 13.8. The molecule has 100 valence electrons. The molecule has 2 N–H and O–H groups in total. The van der Waals surface area contributed by atoms with Gasteiger partial charge >= 0.3 is 5.97 Å². The van der Waals surface area contributed by atoms with Gasteiger partial charge in [0.1, 0.15) is 11.6 Å². The van der Waals surface area contributed by atoms with Gasteiger partial charge < -0.3 is 10.1 Å². The van der Waals surface area contributed by atoms with E-state index in [2.05, 4.69) is 15.0 Å². The van der Waals surface area contributed by atoms with E-state index in [1.807, 2.05) is 22.6 Å². The number of aromatic nitrogens is 3. The molecule has 0 spiro atoms. The summed E-state index contributed by atoms with van der Waals surface area (Å²) in [5.74, 6) is -0.925. The molecule has 2 heterocycles. The van der Waals surface area contributed by atoms with Gasteiger partial charge in [0.2, 0.25) is 0 Å². The van der Waals surface area contributed by atoms with Crippen molar-refractivity contribution >= 4 is 39.7 Å². The number of carboxylic acid groups (broad SMARTS) is 1. The van der Waals surface area contributed by atoms with Gasteiger partial charge in [-0.2, -0.15) is 0 Å². The second kappa shape index (κ2) is 4.82. The number of carbonyl (C=O) groups is 1. The molecule has 0 fully saturated rings. The van der Waals surface area contributed by atoms with Crippen molar-refractivity contribution in [2.24, 2.45) is 0 Å². The largest absolute Gasteiger partial charge is 0.478 e. The first-order chi connectivity index (χ1) is 9.56. The standard InChI is InChI=1S/C13H7FIN3O2/c14-6-1-2-7(9(15)5-6)11-17-10-8(13(19)20)3-4-16-12(10)18-11/h1-5H,(H,19,20)(H,16,17,18). The van der Waals surface area contributed by atoms with Crippen molar-refractivity contribution in [3.05, 3.63) is 45.4 Å². The third kappa shape index (κ3) is 2.13. The molecular weight excluding hydrogens is 376 g/mol.